The van der Waals surface area contributed by atoms with Crippen molar-refractivity contribution in [1.82, 2.24) is 4.90 Å². The molecule has 1 aromatic rings. The molecule has 0 aliphatic carbocycles. The molecule has 0 atom stereocenters. The summed E-state index contributed by atoms with van der Waals surface area (Å²) in [5.74, 6) is 0. The quantitative estimate of drug-likeness (QED) is 0.774. The van der Waals surface area contributed by atoms with Gasteiger partial charge in [-0.1, -0.05) is 6.07 Å². The minimum atomic E-state index is 1.06. The number of hydrogen-bond acceptors (Lipinski definition) is 2. The van der Waals surface area contributed by atoms with Crippen LogP contribution in [0.1, 0.15) is 4.88 Å². The van der Waals surface area contributed by atoms with Crippen LogP contribution in [0.5, 0.6) is 0 Å². The summed E-state index contributed by atoms with van der Waals surface area (Å²) in [4.78, 5) is 4.96. The molecule has 1 rings (SSSR count). The van der Waals surface area contributed by atoms with Crippen molar-refractivity contribution in [3.63, 3.8) is 0 Å². The Hall–Kier alpha value is -0.800. The van der Waals surface area contributed by atoms with E-state index in [1.807, 2.05) is 0 Å². The number of quaternary nitrogens is 1. The molecule has 0 radical (unpaired) electrons. The van der Waals surface area contributed by atoms with Crippen molar-refractivity contribution >= 4 is 17.0 Å². The number of nitrogens with zero attached hydrogens (tertiary/aromatic N) is 1. The summed E-state index contributed by atoms with van der Waals surface area (Å²) in [7, 11) is 8.52. The van der Waals surface area contributed by atoms with Gasteiger partial charge in [0.05, 0.1) is 31.2 Å². The Balaban J connectivity index is 2.80. The molecule has 0 fully saturated rings. The van der Waals surface area contributed by atoms with Gasteiger partial charge in [0, 0.05) is 14.1 Å². The van der Waals surface area contributed by atoms with E-state index < -0.39 is 0 Å². The Morgan fingerprint density at radius 2 is 2.21 bits per heavy atom. The zero-order valence-corrected chi connectivity index (χ0v) is 10.2. The normalized spacial score (nSPS) is 12.2. The van der Waals surface area contributed by atoms with Gasteiger partial charge in [0.25, 0.3) is 0 Å². The van der Waals surface area contributed by atoms with Crippen molar-refractivity contribution in [2.75, 3.05) is 34.7 Å². The summed E-state index contributed by atoms with van der Waals surface area (Å²) in [6, 6.07) is 4.27. The number of hydrogen-bond donors (Lipinski definition) is 1. The molecule has 1 heterocycles. The molecule has 0 aliphatic heterocycles. The van der Waals surface area contributed by atoms with E-state index in [1.54, 1.807) is 11.3 Å². The summed E-state index contributed by atoms with van der Waals surface area (Å²) >= 11 is 1.79. The van der Waals surface area contributed by atoms with Crippen molar-refractivity contribution in [2.45, 2.75) is 0 Å². The highest BCUT2D eigenvalue weighted by molar-refractivity contribution is 7.11. The van der Waals surface area contributed by atoms with Gasteiger partial charge in [-0.05, 0) is 17.5 Å². The van der Waals surface area contributed by atoms with Gasteiger partial charge in [0.1, 0.15) is 0 Å². The molecule has 0 saturated heterocycles. The third-order valence-electron chi connectivity index (χ3n) is 1.96. The van der Waals surface area contributed by atoms with E-state index in [9.17, 15) is 0 Å². The molecule has 0 bridgehead atoms. The predicted molar refractivity (Wildman–Crippen MR) is 63.7 cm³/mol. The molecule has 1 aromatic heterocycles. The van der Waals surface area contributed by atoms with Crippen LogP contribution in [0.2, 0.25) is 0 Å². The van der Waals surface area contributed by atoms with Crippen LogP contribution in [0.15, 0.2) is 23.6 Å². The molecule has 0 unspecified atom stereocenters. The second-order valence-corrected chi connectivity index (χ2v) is 4.82. The van der Waals surface area contributed by atoms with E-state index in [2.05, 4.69) is 56.7 Å². The molecule has 14 heavy (non-hydrogen) atoms. The lowest BCUT2D eigenvalue weighted by molar-refractivity contribution is -0.851. The van der Waals surface area contributed by atoms with Gasteiger partial charge >= 0.3 is 0 Å². The van der Waals surface area contributed by atoms with E-state index in [0.29, 0.717) is 0 Å². The largest absolute Gasteiger partial charge is 0.377 e. The molecule has 0 aliphatic rings. The highest BCUT2D eigenvalue weighted by Gasteiger charge is 2.04. The molecule has 3 heteroatoms. The van der Waals surface area contributed by atoms with Gasteiger partial charge in [-0.15, -0.1) is 11.3 Å². The monoisotopic (exact) mass is 211 g/mol. The van der Waals surface area contributed by atoms with Crippen LogP contribution in [0.4, 0.5) is 0 Å². The smallest absolute Gasteiger partial charge is 0.0977 e. The standard InChI is InChI=1S/C11H18N2S/c1-12(2)8-7-10(13(3)4)11-6-5-9-14-11/h5-7,9H,8H2,1-4H3/p+1/b10-7-. The topological polar surface area (TPSA) is 7.68 Å². The first-order valence-corrected chi connectivity index (χ1v) is 5.69. The van der Waals surface area contributed by atoms with Crippen molar-refractivity contribution in [2.24, 2.45) is 0 Å². The third kappa shape index (κ3) is 3.16. The zero-order valence-electron chi connectivity index (χ0n) is 9.37. The summed E-state index contributed by atoms with van der Waals surface area (Å²) in [5, 5.41) is 2.12. The van der Waals surface area contributed by atoms with Crippen LogP contribution in [0.3, 0.4) is 0 Å². The van der Waals surface area contributed by atoms with Gasteiger partial charge in [0.2, 0.25) is 0 Å². The Labute approximate surface area is 90.5 Å². The van der Waals surface area contributed by atoms with Gasteiger partial charge < -0.3 is 9.80 Å². The Morgan fingerprint density at radius 3 is 2.64 bits per heavy atom. The molecule has 0 aromatic carbocycles. The lowest BCUT2D eigenvalue weighted by atomic mass is 10.3. The first kappa shape index (κ1) is 11.3. The van der Waals surface area contributed by atoms with Crippen LogP contribution in [0, 0.1) is 0 Å². The zero-order chi connectivity index (χ0) is 10.6. The lowest BCUT2D eigenvalue weighted by Crippen LogP contribution is -3.05. The second kappa shape index (κ2) is 5.17. The summed E-state index contributed by atoms with van der Waals surface area (Å²) in [6.07, 6.45) is 2.29. The SMILES string of the molecule is CN(C)/C(=C\C[NH+](C)C)c1cccs1. The maximum absolute atomic E-state index is 2.29. The van der Waals surface area contributed by atoms with E-state index >= 15 is 0 Å². The van der Waals surface area contributed by atoms with Crippen molar-refractivity contribution < 1.29 is 4.90 Å². The van der Waals surface area contributed by atoms with E-state index in [4.69, 9.17) is 0 Å². The molecule has 2 nitrogen and oxygen atoms in total. The molecule has 0 spiro atoms. The predicted octanol–water partition coefficient (Wildman–Crippen LogP) is 0.795. The van der Waals surface area contributed by atoms with Crippen LogP contribution < -0.4 is 4.90 Å². The average molecular weight is 211 g/mol. The minimum absolute atomic E-state index is 1.06. The average Bonchev–Trinajstić information content (AvgIpc) is 2.56. The van der Waals surface area contributed by atoms with Crippen molar-refractivity contribution in [3.05, 3.63) is 28.5 Å². The van der Waals surface area contributed by atoms with Crippen molar-refractivity contribution in [1.29, 1.82) is 0 Å². The minimum Gasteiger partial charge on any atom is -0.377 e. The number of rotatable bonds is 4. The van der Waals surface area contributed by atoms with E-state index in [0.717, 1.165) is 6.54 Å². The van der Waals surface area contributed by atoms with E-state index in [1.165, 1.54) is 15.5 Å². The van der Waals surface area contributed by atoms with Crippen LogP contribution in [-0.2, 0) is 0 Å². The maximum atomic E-state index is 2.29. The molecule has 0 saturated carbocycles. The Bertz CT molecular complexity index is 286. The number of thiophene rings is 1. The summed E-state index contributed by atoms with van der Waals surface area (Å²) in [5.41, 5.74) is 1.32. The molecule has 78 valence electrons. The Morgan fingerprint density at radius 1 is 1.50 bits per heavy atom. The van der Waals surface area contributed by atoms with Gasteiger partial charge in [-0.2, -0.15) is 0 Å². The Kier molecular flexibility index (Phi) is 4.17. The molecular formula is C11H19N2S+. The molecular weight excluding hydrogens is 192 g/mol. The fourth-order valence-electron chi connectivity index (χ4n) is 1.23. The van der Waals surface area contributed by atoms with Crippen LogP contribution in [0.25, 0.3) is 5.70 Å². The van der Waals surface area contributed by atoms with Gasteiger partial charge in [-0.25, -0.2) is 0 Å². The fraction of sp³-hybridized carbons (Fsp3) is 0.455. The van der Waals surface area contributed by atoms with Crippen molar-refractivity contribution in [3.8, 4) is 0 Å². The number of nitrogens with one attached hydrogen (secondary N) is 1. The van der Waals surface area contributed by atoms with E-state index in [-0.39, 0.29) is 0 Å². The molecule has 1 N–H and O–H groups in total. The first-order valence-electron chi connectivity index (χ1n) is 4.81. The van der Waals surface area contributed by atoms with Crippen LogP contribution in [-0.4, -0.2) is 39.6 Å². The fourth-order valence-corrected chi connectivity index (χ4v) is 2.08. The highest BCUT2D eigenvalue weighted by atomic mass is 32.1. The third-order valence-corrected chi connectivity index (χ3v) is 2.85. The number of likely N-dealkylation sites (N-methyl/N-ethyl adjacent to an activating group) is 1. The summed E-state index contributed by atoms with van der Waals surface area (Å²) in [6.45, 7) is 1.06. The highest BCUT2D eigenvalue weighted by Crippen LogP contribution is 2.20. The molecule has 0 amide bonds. The lowest BCUT2D eigenvalue weighted by Gasteiger charge is -2.16. The van der Waals surface area contributed by atoms with Crippen LogP contribution >= 0.6 is 11.3 Å². The van der Waals surface area contributed by atoms with Gasteiger partial charge in [-0.3, -0.25) is 0 Å². The maximum Gasteiger partial charge on any atom is 0.0977 e. The van der Waals surface area contributed by atoms with Gasteiger partial charge in [0.15, 0.2) is 0 Å². The second-order valence-electron chi connectivity index (χ2n) is 3.87. The first-order chi connectivity index (χ1) is 6.61. The summed E-state index contributed by atoms with van der Waals surface area (Å²) < 4.78 is 0.